The zero-order valence-electron chi connectivity index (χ0n) is 19.2. The summed E-state index contributed by atoms with van der Waals surface area (Å²) >= 11 is 0. The number of nitrogens with zero attached hydrogens (tertiary/aromatic N) is 2. The first-order chi connectivity index (χ1) is 15.5. The first kappa shape index (κ1) is 23.3. The molecule has 1 atom stereocenters. The Morgan fingerprint density at radius 2 is 2.09 bits per heavy atom. The van der Waals surface area contributed by atoms with Gasteiger partial charge in [-0.25, -0.2) is 9.78 Å². The van der Waals surface area contributed by atoms with Gasteiger partial charge in [0.15, 0.2) is 6.04 Å². The van der Waals surface area contributed by atoms with Gasteiger partial charge in [-0.15, -0.1) is 0 Å². The number of hydrogen-bond donors (Lipinski definition) is 3. The number of dihydropyridines is 1. The van der Waals surface area contributed by atoms with Crippen molar-refractivity contribution in [1.29, 1.82) is 0 Å². The van der Waals surface area contributed by atoms with Gasteiger partial charge in [0.2, 0.25) is 0 Å². The molecule has 3 N–H and O–H groups in total. The highest BCUT2D eigenvalue weighted by molar-refractivity contribution is 5.83. The number of aromatic nitrogens is 2. The molecule has 1 aliphatic carbocycles. The number of hydrogen-bond acceptors (Lipinski definition) is 5. The number of carbonyl (C=O) groups is 1. The summed E-state index contributed by atoms with van der Waals surface area (Å²) in [5.74, 6) is -0.229. The van der Waals surface area contributed by atoms with Gasteiger partial charge in [-0.3, -0.25) is 9.36 Å². The van der Waals surface area contributed by atoms with Gasteiger partial charge in [0, 0.05) is 19.3 Å². The molecule has 1 aromatic heterocycles. The monoisotopic (exact) mass is 436 g/mol. The SMILES string of the molecule is CC.Cc1cc(CNC2=CC=CNC2C(=O)O)c2nc(C3=CCCCC3)n(C)c(=O)c2c1. The molecule has 4 rings (SSSR count). The minimum absolute atomic E-state index is 0.0590. The van der Waals surface area contributed by atoms with Gasteiger partial charge in [-0.2, -0.15) is 0 Å². The van der Waals surface area contributed by atoms with E-state index >= 15 is 0 Å². The normalized spacial score (nSPS) is 17.6. The molecule has 0 spiro atoms. The molecule has 1 aliphatic heterocycles. The van der Waals surface area contributed by atoms with E-state index in [2.05, 4.69) is 16.7 Å². The maximum atomic E-state index is 13.1. The Morgan fingerprint density at radius 1 is 1.31 bits per heavy atom. The standard InChI is InChI=1S/C23H26N4O3.C2H6/c1-14-11-16(13-25-18-9-6-10-24-20(18)23(29)30)19-17(12-14)22(28)27(2)21(26-19)15-7-4-3-5-8-15;1-2/h6-7,9-12,20,24-25H,3-5,8,13H2,1-2H3,(H,29,30);1-2H3. The molecule has 2 aliphatic rings. The summed E-state index contributed by atoms with van der Waals surface area (Å²) in [6, 6.07) is 3.05. The summed E-state index contributed by atoms with van der Waals surface area (Å²) < 4.78 is 1.65. The molecule has 1 unspecified atom stereocenters. The Labute approximate surface area is 188 Å². The molecule has 7 heteroatoms. The molecule has 0 fully saturated rings. The van der Waals surface area contributed by atoms with Crippen LogP contribution in [0.3, 0.4) is 0 Å². The number of nitrogens with one attached hydrogen (secondary N) is 2. The highest BCUT2D eigenvalue weighted by Gasteiger charge is 2.23. The number of benzene rings is 1. The summed E-state index contributed by atoms with van der Waals surface area (Å²) in [5.41, 5.74) is 4.14. The molecule has 2 aromatic rings. The lowest BCUT2D eigenvalue weighted by molar-refractivity contribution is -0.138. The van der Waals surface area contributed by atoms with Crippen LogP contribution in [0.5, 0.6) is 0 Å². The van der Waals surface area contributed by atoms with Crippen molar-refractivity contribution in [2.45, 2.75) is 59.0 Å². The van der Waals surface area contributed by atoms with E-state index in [9.17, 15) is 14.7 Å². The summed E-state index contributed by atoms with van der Waals surface area (Å²) in [5, 5.41) is 16.1. The maximum Gasteiger partial charge on any atom is 0.332 e. The smallest absolute Gasteiger partial charge is 0.332 e. The summed E-state index contributed by atoms with van der Waals surface area (Å²) in [6.45, 7) is 6.33. The van der Waals surface area contributed by atoms with Gasteiger partial charge in [-0.05, 0) is 73.7 Å². The van der Waals surface area contributed by atoms with E-state index in [-0.39, 0.29) is 5.56 Å². The second-order valence-electron chi connectivity index (χ2n) is 7.87. The van der Waals surface area contributed by atoms with E-state index in [1.165, 1.54) is 6.42 Å². The van der Waals surface area contributed by atoms with Gasteiger partial charge < -0.3 is 15.7 Å². The van der Waals surface area contributed by atoms with E-state index < -0.39 is 12.0 Å². The molecule has 0 amide bonds. The van der Waals surface area contributed by atoms with E-state index in [0.717, 1.165) is 41.8 Å². The quantitative estimate of drug-likeness (QED) is 0.660. The molecule has 0 radical (unpaired) electrons. The number of carboxylic acids is 1. The molecule has 0 saturated carbocycles. The van der Waals surface area contributed by atoms with Crippen LogP contribution in [0.25, 0.3) is 16.5 Å². The largest absolute Gasteiger partial charge is 0.479 e. The average Bonchev–Trinajstić information content (AvgIpc) is 2.82. The Bertz CT molecular complexity index is 1160. The Morgan fingerprint density at radius 3 is 2.78 bits per heavy atom. The topological polar surface area (TPSA) is 96.2 Å². The Kier molecular flexibility index (Phi) is 7.51. The van der Waals surface area contributed by atoms with Crippen LogP contribution < -0.4 is 16.2 Å². The first-order valence-corrected chi connectivity index (χ1v) is 11.2. The molecule has 2 heterocycles. The van der Waals surface area contributed by atoms with Gasteiger partial charge in [0.1, 0.15) is 5.82 Å². The number of aryl methyl sites for hydroxylation is 1. The lowest BCUT2D eigenvalue weighted by Gasteiger charge is -2.22. The van der Waals surface area contributed by atoms with Gasteiger partial charge in [-0.1, -0.05) is 26.0 Å². The van der Waals surface area contributed by atoms with Crippen molar-refractivity contribution < 1.29 is 9.90 Å². The van der Waals surface area contributed by atoms with Crippen LogP contribution in [0, 0.1) is 6.92 Å². The third-order valence-corrected chi connectivity index (χ3v) is 5.66. The van der Waals surface area contributed by atoms with Crippen LogP contribution in [-0.2, 0) is 18.4 Å². The minimum Gasteiger partial charge on any atom is -0.479 e. The van der Waals surface area contributed by atoms with E-state index in [1.54, 1.807) is 30.0 Å². The predicted molar refractivity (Wildman–Crippen MR) is 128 cm³/mol. The van der Waals surface area contributed by atoms with E-state index in [1.807, 2.05) is 32.9 Å². The van der Waals surface area contributed by atoms with Crippen molar-refractivity contribution in [3.63, 3.8) is 0 Å². The van der Waals surface area contributed by atoms with Crippen molar-refractivity contribution in [2.24, 2.45) is 7.05 Å². The van der Waals surface area contributed by atoms with Crippen LogP contribution in [0.2, 0.25) is 0 Å². The fourth-order valence-electron chi connectivity index (χ4n) is 4.12. The molecule has 170 valence electrons. The Hall–Kier alpha value is -3.35. The lowest BCUT2D eigenvalue weighted by Crippen LogP contribution is -2.41. The summed E-state index contributed by atoms with van der Waals surface area (Å²) in [4.78, 5) is 29.5. The second-order valence-corrected chi connectivity index (χ2v) is 7.87. The van der Waals surface area contributed by atoms with Crippen molar-refractivity contribution in [1.82, 2.24) is 20.2 Å². The average molecular weight is 437 g/mol. The van der Waals surface area contributed by atoms with Gasteiger partial charge >= 0.3 is 5.97 Å². The lowest BCUT2D eigenvalue weighted by atomic mass is 9.98. The van der Waals surface area contributed by atoms with Crippen LogP contribution in [-0.4, -0.2) is 26.7 Å². The van der Waals surface area contributed by atoms with Crippen molar-refractivity contribution in [3.05, 3.63) is 69.6 Å². The van der Waals surface area contributed by atoms with Crippen LogP contribution >= 0.6 is 0 Å². The zero-order valence-corrected chi connectivity index (χ0v) is 19.2. The highest BCUT2D eigenvalue weighted by Crippen LogP contribution is 2.27. The number of rotatable bonds is 5. The minimum atomic E-state index is -0.953. The van der Waals surface area contributed by atoms with Crippen LogP contribution in [0.4, 0.5) is 0 Å². The van der Waals surface area contributed by atoms with E-state index in [4.69, 9.17) is 4.98 Å². The highest BCUT2D eigenvalue weighted by atomic mass is 16.4. The second kappa shape index (κ2) is 10.3. The van der Waals surface area contributed by atoms with Crippen molar-refractivity contribution >= 4 is 22.4 Å². The summed E-state index contributed by atoms with van der Waals surface area (Å²) in [6.07, 6.45) is 11.5. The summed E-state index contributed by atoms with van der Waals surface area (Å²) in [7, 11) is 1.78. The molecule has 0 bridgehead atoms. The van der Waals surface area contributed by atoms with Gasteiger partial charge in [0.05, 0.1) is 10.9 Å². The third-order valence-electron chi connectivity index (χ3n) is 5.66. The predicted octanol–water partition coefficient (Wildman–Crippen LogP) is 3.77. The number of aliphatic carboxylic acids is 1. The molecular weight excluding hydrogens is 404 g/mol. The fraction of sp³-hybridized carbons (Fsp3) is 0.400. The van der Waals surface area contributed by atoms with Crippen molar-refractivity contribution in [3.8, 4) is 0 Å². The molecule has 32 heavy (non-hydrogen) atoms. The third kappa shape index (κ3) is 4.77. The number of fused-ring (bicyclic) bond motifs is 1. The first-order valence-electron chi connectivity index (χ1n) is 11.2. The van der Waals surface area contributed by atoms with E-state index in [0.29, 0.717) is 23.1 Å². The number of carboxylic acid groups (broad SMARTS) is 1. The Balaban J connectivity index is 0.00000141. The molecule has 1 aromatic carbocycles. The molecule has 0 saturated heterocycles. The number of allylic oxidation sites excluding steroid dienone is 4. The molecule has 7 nitrogen and oxygen atoms in total. The van der Waals surface area contributed by atoms with Crippen molar-refractivity contribution in [2.75, 3.05) is 0 Å². The maximum absolute atomic E-state index is 13.1. The van der Waals surface area contributed by atoms with Gasteiger partial charge in [0.25, 0.3) is 5.56 Å². The molecular formula is C25H32N4O3. The van der Waals surface area contributed by atoms with Crippen LogP contribution in [0.1, 0.15) is 56.5 Å². The van der Waals surface area contributed by atoms with Crippen LogP contribution in [0.15, 0.2) is 47.1 Å². The zero-order chi connectivity index (χ0) is 23.3. The fourth-order valence-corrected chi connectivity index (χ4v) is 4.12.